The van der Waals surface area contributed by atoms with Gasteiger partial charge in [0.25, 0.3) is 0 Å². The van der Waals surface area contributed by atoms with E-state index in [1.54, 1.807) is 26.0 Å². The van der Waals surface area contributed by atoms with Crippen LogP contribution >= 0.6 is 11.6 Å². The molecule has 27 heavy (non-hydrogen) atoms. The number of hydrogen-bond acceptors (Lipinski definition) is 1. The second kappa shape index (κ2) is 6.75. The minimum absolute atomic E-state index is 0.0515. The van der Waals surface area contributed by atoms with Crippen LogP contribution in [0.2, 0.25) is 0 Å². The van der Waals surface area contributed by atoms with Crippen molar-refractivity contribution in [2.75, 3.05) is 5.32 Å². The zero-order valence-electron chi connectivity index (χ0n) is 15.5. The van der Waals surface area contributed by atoms with Gasteiger partial charge in [-0.2, -0.15) is 0 Å². The molecule has 0 aliphatic heterocycles. The van der Waals surface area contributed by atoms with E-state index in [4.69, 9.17) is 11.6 Å². The predicted molar refractivity (Wildman–Crippen MR) is 105 cm³/mol. The lowest BCUT2D eigenvalue weighted by Crippen LogP contribution is -2.06. The van der Waals surface area contributed by atoms with Crippen LogP contribution in [0.5, 0.6) is 0 Å². The van der Waals surface area contributed by atoms with E-state index in [9.17, 15) is 13.2 Å². The van der Waals surface area contributed by atoms with Crippen LogP contribution in [-0.4, -0.2) is 4.87 Å². The molecule has 5 heteroatoms. The van der Waals surface area contributed by atoms with E-state index in [-0.39, 0.29) is 23.2 Å². The van der Waals surface area contributed by atoms with Gasteiger partial charge in [0.2, 0.25) is 0 Å². The monoisotopic (exact) mass is 391 g/mol. The number of anilines is 1. The van der Waals surface area contributed by atoms with Crippen LogP contribution in [0.1, 0.15) is 36.5 Å². The molecule has 2 aromatic rings. The van der Waals surface area contributed by atoms with Gasteiger partial charge in [-0.1, -0.05) is 25.3 Å². The van der Waals surface area contributed by atoms with Crippen molar-refractivity contribution in [1.29, 1.82) is 0 Å². The van der Waals surface area contributed by atoms with Gasteiger partial charge < -0.3 is 5.32 Å². The third-order valence-corrected chi connectivity index (χ3v) is 5.62. The summed E-state index contributed by atoms with van der Waals surface area (Å²) in [6.07, 6.45) is 0. The van der Waals surface area contributed by atoms with Gasteiger partial charge in [-0.25, -0.2) is 13.2 Å². The molecule has 3 atom stereocenters. The highest BCUT2D eigenvalue weighted by Crippen LogP contribution is 2.64. The van der Waals surface area contributed by atoms with Gasteiger partial charge >= 0.3 is 0 Å². The smallest absolute Gasteiger partial charge is 0.166 e. The molecule has 1 saturated carbocycles. The summed E-state index contributed by atoms with van der Waals surface area (Å²) >= 11 is 6.66. The summed E-state index contributed by atoms with van der Waals surface area (Å²) in [6.45, 7) is 12.9. The Morgan fingerprint density at radius 2 is 1.78 bits per heavy atom. The fourth-order valence-electron chi connectivity index (χ4n) is 3.64. The lowest BCUT2D eigenvalue weighted by Gasteiger charge is -2.13. The average molecular weight is 392 g/mol. The van der Waals surface area contributed by atoms with E-state index >= 15 is 0 Å². The summed E-state index contributed by atoms with van der Waals surface area (Å²) in [5.41, 5.74) is 2.99. The maximum absolute atomic E-state index is 13.9. The number of alkyl halides is 1. The molecule has 3 unspecified atom stereocenters. The fourth-order valence-corrected chi connectivity index (χ4v) is 4.09. The Morgan fingerprint density at radius 1 is 1.11 bits per heavy atom. The summed E-state index contributed by atoms with van der Waals surface area (Å²) in [7, 11) is 0. The molecule has 1 fully saturated rings. The van der Waals surface area contributed by atoms with Gasteiger partial charge in [0, 0.05) is 34.9 Å². The number of rotatable bonds is 5. The molecule has 0 aromatic heterocycles. The van der Waals surface area contributed by atoms with Crippen molar-refractivity contribution in [1.82, 2.24) is 0 Å². The first-order valence-electron chi connectivity index (χ1n) is 8.59. The van der Waals surface area contributed by atoms with Crippen LogP contribution in [0.3, 0.4) is 0 Å². The maximum Gasteiger partial charge on any atom is 0.166 e. The third-order valence-electron chi connectivity index (χ3n) is 5.15. The molecule has 0 spiro atoms. The summed E-state index contributed by atoms with van der Waals surface area (Å²) in [5.74, 6) is -2.33. The SMILES string of the molecule is C=C(C)c1cc(NC(=C)C2C(c3ccc(F)c(C)c3)C2(C)Cl)cc(F)c1F. The van der Waals surface area contributed by atoms with Gasteiger partial charge in [-0.3, -0.25) is 0 Å². The Hall–Kier alpha value is -2.20. The van der Waals surface area contributed by atoms with Crippen molar-refractivity contribution in [3.05, 3.63) is 83.3 Å². The Kier molecular flexibility index (Phi) is 4.89. The topological polar surface area (TPSA) is 12.0 Å². The first-order valence-corrected chi connectivity index (χ1v) is 8.97. The molecular weight excluding hydrogens is 371 g/mol. The third kappa shape index (κ3) is 3.51. The molecule has 0 saturated heterocycles. The van der Waals surface area contributed by atoms with Crippen molar-refractivity contribution in [3.8, 4) is 0 Å². The van der Waals surface area contributed by atoms with Gasteiger partial charge in [-0.05, 0) is 49.6 Å². The Labute approximate surface area is 162 Å². The quantitative estimate of drug-likeness (QED) is 0.554. The van der Waals surface area contributed by atoms with Crippen LogP contribution in [0.25, 0.3) is 5.57 Å². The lowest BCUT2D eigenvalue weighted by molar-refractivity contribution is 0.507. The van der Waals surface area contributed by atoms with Crippen LogP contribution in [0.4, 0.5) is 18.9 Å². The van der Waals surface area contributed by atoms with E-state index in [0.717, 1.165) is 11.6 Å². The molecule has 142 valence electrons. The van der Waals surface area contributed by atoms with Crippen LogP contribution in [-0.2, 0) is 0 Å². The Balaban J connectivity index is 1.84. The molecule has 0 bridgehead atoms. The number of nitrogens with one attached hydrogen (secondary N) is 1. The zero-order chi connectivity index (χ0) is 20.1. The minimum Gasteiger partial charge on any atom is -0.359 e. The van der Waals surface area contributed by atoms with Gasteiger partial charge in [-0.15, -0.1) is 11.6 Å². The van der Waals surface area contributed by atoms with Gasteiger partial charge in [0.05, 0.1) is 4.87 Å². The zero-order valence-corrected chi connectivity index (χ0v) is 16.2. The first-order chi connectivity index (χ1) is 12.5. The molecular formula is C22H21ClF3N. The number of halogens is 4. The van der Waals surface area contributed by atoms with E-state index < -0.39 is 16.5 Å². The van der Waals surface area contributed by atoms with Crippen molar-refractivity contribution in [3.63, 3.8) is 0 Å². The molecule has 2 aromatic carbocycles. The normalized spacial score (nSPS) is 23.8. The van der Waals surface area contributed by atoms with Crippen LogP contribution in [0, 0.1) is 30.3 Å². The fraction of sp³-hybridized carbons (Fsp3) is 0.273. The lowest BCUT2D eigenvalue weighted by atomic mass is 10.0. The summed E-state index contributed by atoms with van der Waals surface area (Å²) in [4.78, 5) is -0.593. The summed E-state index contributed by atoms with van der Waals surface area (Å²) in [5, 5.41) is 3.05. The van der Waals surface area contributed by atoms with Gasteiger partial charge in [0.1, 0.15) is 5.82 Å². The minimum atomic E-state index is -0.957. The molecule has 1 nitrogen and oxygen atoms in total. The molecule has 1 aliphatic carbocycles. The van der Waals surface area contributed by atoms with Crippen molar-refractivity contribution < 1.29 is 13.2 Å². The summed E-state index contributed by atoms with van der Waals surface area (Å²) < 4.78 is 41.3. The maximum atomic E-state index is 13.9. The second-order valence-corrected chi connectivity index (χ2v) is 8.18. The highest BCUT2D eigenvalue weighted by molar-refractivity contribution is 6.27. The second-order valence-electron chi connectivity index (χ2n) is 7.37. The Morgan fingerprint density at radius 3 is 2.37 bits per heavy atom. The average Bonchev–Trinajstić information content (AvgIpc) is 3.15. The van der Waals surface area contributed by atoms with Crippen LogP contribution in [0.15, 0.2) is 49.2 Å². The molecule has 3 rings (SSSR count). The van der Waals surface area contributed by atoms with E-state index in [1.165, 1.54) is 12.1 Å². The van der Waals surface area contributed by atoms with Crippen molar-refractivity contribution in [2.45, 2.75) is 31.6 Å². The largest absolute Gasteiger partial charge is 0.359 e. The number of aryl methyl sites for hydroxylation is 1. The Bertz CT molecular complexity index is 949. The highest BCUT2D eigenvalue weighted by Gasteiger charge is 2.62. The van der Waals surface area contributed by atoms with E-state index in [1.807, 2.05) is 6.92 Å². The number of allylic oxidation sites excluding steroid dienone is 2. The van der Waals surface area contributed by atoms with Crippen LogP contribution < -0.4 is 5.32 Å². The van der Waals surface area contributed by atoms with Gasteiger partial charge in [0.15, 0.2) is 11.6 Å². The highest BCUT2D eigenvalue weighted by atomic mass is 35.5. The van der Waals surface area contributed by atoms with E-state index in [0.29, 0.717) is 22.5 Å². The number of benzene rings is 2. The molecule has 0 heterocycles. The molecule has 1 aliphatic rings. The van der Waals surface area contributed by atoms with Crippen molar-refractivity contribution >= 4 is 22.9 Å². The summed E-state index contributed by atoms with van der Waals surface area (Å²) in [6, 6.07) is 7.51. The van der Waals surface area contributed by atoms with E-state index in [2.05, 4.69) is 18.5 Å². The molecule has 0 amide bonds. The molecule has 1 N–H and O–H groups in total. The standard InChI is InChI=1S/C22H21ClF3N/c1-11(2)16-9-15(10-18(25)21(16)26)27-13(4)19-20(22(19,5)23)14-6-7-17(24)12(3)8-14/h6-10,19-20,27H,1,4H2,2-3,5H3. The number of hydrogen-bond donors (Lipinski definition) is 1. The molecule has 0 radical (unpaired) electrons. The van der Waals surface area contributed by atoms with Crippen molar-refractivity contribution in [2.24, 2.45) is 5.92 Å². The first kappa shape index (κ1) is 19.6. The predicted octanol–water partition coefficient (Wildman–Crippen LogP) is 6.78.